The van der Waals surface area contributed by atoms with Crippen LogP contribution in [0.1, 0.15) is 25.7 Å². The van der Waals surface area contributed by atoms with Crippen molar-refractivity contribution in [1.29, 1.82) is 0 Å². The zero-order chi connectivity index (χ0) is 9.10. The minimum Gasteiger partial charge on any atom is -0.295 e. The summed E-state index contributed by atoms with van der Waals surface area (Å²) in [4.78, 5) is 11.5. The summed E-state index contributed by atoms with van der Waals surface area (Å²) in [5.74, 6) is 0.733. The Morgan fingerprint density at radius 3 is 2.54 bits per heavy atom. The fourth-order valence-electron chi connectivity index (χ4n) is 1.87. The first-order valence-electron chi connectivity index (χ1n) is 4.95. The van der Waals surface area contributed by atoms with Crippen molar-refractivity contribution < 1.29 is 4.79 Å². The fourth-order valence-corrected chi connectivity index (χ4v) is 1.87. The largest absolute Gasteiger partial charge is 0.295 e. The van der Waals surface area contributed by atoms with Gasteiger partial charge in [0.25, 0.3) is 0 Å². The minimum absolute atomic E-state index is 0.361. The number of hydrogen-bond donors (Lipinski definition) is 0. The van der Waals surface area contributed by atoms with Crippen LogP contribution in [-0.2, 0) is 4.79 Å². The number of allylic oxidation sites excluding steroid dienone is 6. The van der Waals surface area contributed by atoms with Gasteiger partial charge < -0.3 is 0 Å². The summed E-state index contributed by atoms with van der Waals surface area (Å²) >= 11 is 0. The molecule has 0 N–H and O–H groups in total. The molecule has 0 aromatic rings. The molecule has 2 aliphatic carbocycles. The molecule has 1 nitrogen and oxygen atoms in total. The molecular weight excluding hydrogens is 160 g/mol. The average molecular weight is 174 g/mol. The molecule has 13 heavy (non-hydrogen) atoms. The summed E-state index contributed by atoms with van der Waals surface area (Å²) in [5.41, 5.74) is 1.05. The van der Waals surface area contributed by atoms with Gasteiger partial charge in [-0.15, -0.1) is 0 Å². The third kappa shape index (κ3) is 1.97. The van der Waals surface area contributed by atoms with Gasteiger partial charge in [0.1, 0.15) is 0 Å². The molecule has 68 valence electrons. The molecule has 0 heterocycles. The predicted molar refractivity (Wildman–Crippen MR) is 53.3 cm³/mol. The van der Waals surface area contributed by atoms with Gasteiger partial charge in [-0.3, -0.25) is 4.79 Å². The molecule has 2 rings (SSSR count). The summed E-state index contributed by atoms with van der Waals surface area (Å²) < 4.78 is 0. The molecule has 2 aliphatic rings. The van der Waals surface area contributed by atoms with E-state index in [2.05, 4.69) is 18.2 Å². The highest BCUT2D eigenvalue weighted by Gasteiger charge is 2.15. The molecule has 0 radical (unpaired) electrons. The lowest BCUT2D eigenvalue weighted by atomic mass is 9.91. The van der Waals surface area contributed by atoms with Crippen LogP contribution in [0.4, 0.5) is 0 Å². The van der Waals surface area contributed by atoms with Crippen molar-refractivity contribution in [2.45, 2.75) is 25.7 Å². The predicted octanol–water partition coefficient (Wildman–Crippen LogP) is 2.80. The van der Waals surface area contributed by atoms with Gasteiger partial charge in [-0.1, -0.05) is 30.4 Å². The van der Waals surface area contributed by atoms with Crippen LogP contribution in [0.3, 0.4) is 0 Å². The number of carbonyl (C=O) groups is 1. The zero-order valence-corrected chi connectivity index (χ0v) is 7.70. The molecule has 1 saturated carbocycles. The lowest BCUT2D eigenvalue weighted by Gasteiger charge is -2.13. The van der Waals surface area contributed by atoms with Gasteiger partial charge >= 0.3 is 0 Å². The van der Waals surface area contributed by atoms with Crippen molar-refractivity contribution in [3.8, 4) is 0 Å². The quantitative estimate of drug-likeness (QED) is 0.559. The van der Waals surface area contributed by atoms with Crippen molar-refractivity contribution in [2.24, 2.45) is 5.92 Å². The Morgan fingerprint density at radius 2 is 1.85 bits per heavy atom. The summed E-state index contributed by atoms with van der Waals surface area (Å²) in [5, 5.41) is 0. The SMILES string of the molecule is O=C1CCCC/C1=C\C1C=CC=C1. The lowest BCUT2D eigenvalue weighted by molar-refractivity contribution is -0.116. The maximum atomic E-state index is 11.5. The molecule has 1 heteroatoms. The Labute approximate surface area is 78.8 Å². The maximum absolute atomic E-state index is 11.5. The Morgan fingerprint density at radius 1 is 1.15 bits per heavy atom. The molecule has 0 spiro atoms. The number of hydrogen-bond acceptors (Lipinski definition) is 1. The van der Waals surface area contributed by atoms with E-state index in [1.165, 1.54) is 6.42 Å². The van der Waals surface area contributed by atoms with E-state index >= 15 is 0 Å². The average Bonchev–Trinajstić information content (AvgIpc) is 2.61. The molecule has 0 aromatic carbocycles. The van der Waals surface area contributed by atoms with Gasteiger partial charge in [-0.2, -0.15) is 0 Å². The van der Waals surface area contributed by atoms with Crippen molar-refractivity contribution in [3.05, 3.63) is 36.0 Å². The number of Topliss-reactive ketones (excluding diaryl/α,β-unsaturated/α-hetero) is 1. The number of rotatable bonds is 1. The Hall–Kier alpha value is -1.11. The third-order valence-electron chi connectivity index (χ3n) is 2.63. The van der Waals surface area contributed by atoms with Crippen LogP contribution in [0.2, 0.25) is 0 Å². The van der Waals surface area contributed by atoms with E-state index in [1.54, 1.807) is 0 Å². The van der Waals surface area contributed by atoms with Crippen LogP contribution in [0, 0.1) is 5.92 Å². The molecule has 0 aromatic heterocycles. The van der Waals surface area contributed by atoms with E-state index in [4.69, 9.17) is 0 Å². The van der Waals surface area contributed by atoms with E-state index < -0.39 is 0 Å². The second kappa shape index (κ2) is 3.73. The molecule has 0 saturated heterocycles. The smallest absolute Gasteiger partial charge is 0.158 e. The van der Waals surface area contributed by atoms with E-state index in [0.29, 0.717) is 11.7 Å². The number of carbonyl (C=O) groups excluding carboxylic acids is 1. The molecule has 0 amide bonds. The van der Waals surface area contributed by atoms with Crippen molar-refractivity contribution in [2.75, 3.05) is 0 Å². The first-order valence-corrected chi connectivity index (χ1v) is 4.95. The monoisotopic (exact) mass is 174 g/mol. The van der Waals surface area contributed by atoms with E-state index in [9.17, 15) is 4.79 Å². The highest BCUT2D eigenvalue weighted by atomic mass is 16.1. The lowest BCUT2D eigenvalue weighted by Crippen LogP contribution is -2.09. The molecular formula is C12H14O. The molecule has 0 aliphatic heterocycles. The van der Waals surface area contributed by atoms with Gasteiger partial charge in [0.2, 0.25) is 0 Å². The topological polar surface area (TPSA) is 17.1 Å². The van der Waals surface area contributed by atoms with Crippen LogP contribution < -0.4 is 0 Å². The highest BCUT2D eigenvalue weighted by molar-refractivity contribution is 5.96. The first-order chi connectivity index (χ1) is 6.36. The maximum Gasteiger partial charge on any atom is 0.158 e. The van der Waals surface area contributed by atoms with Gasteiger partial charge in [0.15, 0.2) is 5.78 Å². The second-order valence-electron chi connectivity index (χ2n) is 3.67. The Balaban J connectivity index is 2.09. The molecule has 0 unspecified atom stereocenters. The second-order valence-corrected chi connectivity index (χ2v) is 3.67. The molecule has 0 atom stereocenters. The standard InChI is InChI=1S/C12H14O/c13-12-8-4-3-7-11(12)9-10-5-1-2-6-10/h1-2,5-6,9-10H,3-4,7-8H2/b11-9+. The van der Waals surface area contributed by atoms with Crippen molar-refractivity contribution >= 4 is 5.78 Å². The van der Waals surface area contributed by atoms with E-state index in [1.807, 2.05) is 12.2 Å². The molecule has 0 bridgehead atoms. The normalized spacial score (nSPS) is 26.2. The number of ketones is 1. The van der Waals surface area contributed by atoms with Crippen LogP contribution in [0.5, 0.6) is 0 Å². The van der Waals surface area contributed by atoms with Gasteiger partial charge in [-0.05, 0) is 24.8 Å². The van der Waals surface area contributed by atoms with Crippen molar-refractivity contribution in [3.63, 3.8) is 0 Å². The highest BCUT2D eigenvalue weighted by Crippen LogP contribution is 2.23. The minimum atomic E-state index is 0.361. The van der Waals surface area contributed by atoms with E-state index in [0.717, 1.165) is 24.8 Å². The zero-order valence-electron chi connectivity index (χ0n) is 7.70. The Bertz CT molecular complexity index is 282. The third-order valence-corrected chi connectivity index (χ3v) is 2.63. The Kier molecular flexibility index (Phi) is 2.44. The summed E-state index contributed by atoms with van der Waals surface area (Å²) in [6, 6.07) is 0. The van der Waals surface area contributed by atoms with Crippen LogP contribution in [0.15, 0.2) is 36.0 Å². The van der Waals surface area contributed by atoms with Crippen molar-refractivity contribution in [1.82, 2.24) is 0 Å². The van der Waals surface area contributed by atoms with Gasteiger partial charge in [0.05, 0.1) is 0 Å². The summed E-state index contributed by atoms with van der Waals surface area (Å²) in [6.07, 6.45) is 14.4. The molecule has 1 fully saturated rings. The van der Waals surface area contributed by atoms with Gasteiger partial charge in [-0.25, -0.2) is 0 Å². The van der Waals surface area contributed by atoms with E-state index in [-0.39, 0.29) is 0 Å². The van der Waals surface area contributed by atoms with Crippen LogP contribution in [-0.4, -0.2) is 5.78 Å². The van der Waals surface area contributed by atoms with Crippen LogP contribution >= 0.6 is 0 Å². The fraction of sp³-hybridized carbons (Fsp3) is 0.417. The van der Waals surface area contributed by atoms with Crippen LogP contribution in [0.25, 0.3) is 0 Å². The summed E-state index contributed by atoms with van der Waals surface area (Å²) in [7, 11) is 0. The first kappa shape index (κ1) is 8.49. The van der Waals surface area contributed by atoms with Gasteiger partial charge in [0, 0.05) is 12.3 Å². The summed E-state index contributed by atoms with van der Waals surface area (Å²) in [6.45, 7) is 0.